The molecule has 0 spiro atoms. The Labute approximate surface area is 228 Å². The average molecular weight is 581 g/mol. The van der Waals surface area contributed by atoms with Gasteiger partial charge in [0.2, 0.25) is 5.91 Å². The summed E-state index contributed by atoms with van der Waals surface area (Å²) in [5.74, 6) is -3.06. The molecule has 196 valence electrons. The lowest BCUT2D eigenvalue weighted by atomic mass is 10.0. The highest BCUT2D eigenvalue weighted by molar-refractivity contribution is 6.42. The molecule has 38 heavy (non-hydrogen) atoms. The van der Waals surface area contributed by atoms with Gasteiger partial charge in [-0.05, 0) is 42.0 Å². The lowest BCUT2D eigenvalue weighted by Gasteiger charge is -2.10. The molecule has 6 N–H and O–H groups in total. The molecule has 0 radical (unpaired) electrons. The zero-order valence-corrected chi connectivity index (χ0v) is 21.2. The molecule has 4 rings (SSSR count). The maximum absolute atomic E-state index is 12.7. The van der Waals surface area contributed by atoms with Crippen molar-refractivity contribution in [3.05, 3.63) is 73.9 Å². The second-order valence-corrected chi connectivity index (χ2v) is 8.76. The maximum Gasteiger partial charge on any atom is 0.350 e. The number of rotatable bonds is 6. The molecule has 0 aliphatic carbocycles. The third-order valence-corrected chi connectivity index (χ3v) is 5.68. The normalized spacial score (nSPS) is 12.7. The van der Waals surface area contributed by atoms with Crippen LogP contribution >= 0.6 is 34.8 Å². The van der Waals surface area contributed by atoms with Gasteiger partial charge in [-0.15, -0.1) is 5.10 Å². The lowest BCUT2D eigenvalue weighted by molar-refractivity contribution is -0.130. The largest absolute Gasteiger partial charge is 0.477 e. The van der Waals surface area contributed by atoms with Crippen LogP contribution in [0.5, 0.6) is 0 Å². The molecule has 0 unspecified atom stereocenters. The maximum atomic E-state index is 12.7. The van der Waals surface area contributed by atoms with E-state index in [2.05, 4.69) is 15.3 Å². The highest BCUT2D eigenvalue weighted by atomic mass is 35.5. The van der Waals surface area contributed by atoms with E-state index in [1.54, 1.807) is 36.4 Å². The summed E-state index contributed by atoms with van der Waals surface area (Å²) in [6.07, 6.45) is -0.346. The molecule has 2 heterocycles. The summed E-state index contributed by atoms with van der Waals surface area (Å²) >= 11 is 18.4. The number of nitrogens with one attached hydrogen (secondary N) is 1. The van der Waals surface area contributed by atoms with Gasteiger partial charge >= 0.3 is 12.0 Å². The fraction of sp³-hybridized carbons (Fsp3) is 0.0909. The van der Waals surface area contributed by atoms with Crippen molar-refractivity contribution in [3.8, 4) is 0 Å². The summed E-state index contributed by atoms with van der Waals surface area (Å²) in [5.41, 5.74) is 11.6. The van der Waals surface area contributed by atoms with Gasteiger partial charge < -0.3 is 16.6 Å². The Hall–Kier alpha value is -4.33. The van der Waals surface area contributed by atoms with Crippen molar-refractivity contribution in [3.63, 3.8) is 0 Å². The Morgan fingerprint density at radius 1 is 1.05 bits per heavy atom. The topological polar surface area (TPSA) is 213 Å². The summed E-state index contributed by atoms with van der Waals surface area (Å²) in [6.45, 7) is 0.140. The minimum Gasteiger partial charge on any atom is -0.477 e. The van der Waals surface area contributed by atoms with Crippen molar-refractivity contribution in [2.45, 2.75) is 13.0 Å². The fourth-order valence-electron chi connectivity index (χ4n) is 3.09. The number of carbonyl (C=O) groups is 5. The number of primary amides is 1. The Balaban J connectivity index is 0.000000304. The lowest BCUT2D eigenvalue weighted by Crippen LogP contribution is -2.37. The number of aliphatic imine (C=N–C) groups is 1. The SMILES string of the molecule is NC(=O)c1nnn(Cc2cc(Cl)c(C(=O)c3ccc(Cl)cc3)c(Cl)c2)c1N.O=C1CC(C(=O)O)=NC(=O)N1. The van der Waals surface area contributed by atoms with Crippen LogP contribution in [0, 0.1) is 0 Å². The molecule has 2 aromatic carbocycles. The second-order valence-electron chi connectivity index (χ2n) is 7.51. The van der Waals surface area contributed by atoms with Gasteiger partial charge in [-0.1, -0.05) is 40.0 Å². The molecule has 1 aliphatic rings. The van der Waals surface area contributed by atoms with Gasteiger partial charge in [-0.3, -0.25) is 19.7 Å². The van der Waals surface area contributed by atoms with Crippen molar-refractivity contribution in [1.82, 2.24) is 20.3 Å². The number of imide groups is 1. The first-order chi connectivity index (χ1) is 17.9. The number of anilines is 1. The number of carbonyl (C=O) groups excluding carboxylic acids is 4. The number of carboxylic acids is 1. The molecule has 1 aliphatic heterocycles. The number of hydrogen-bond donors (Lipinski definition) is 4. The number of aliphatic carboxylic acids is 1. The molecule has 13 nitrogen and oxygen atoms in total. The number of hydrogen-bond acceptors (Lipinski definition) is 8. The van der Waals surface area contributed by atoms with Gasteiger partial charge in [0, 0.05) is 10.6 Å². The van der Waals surface area contributed by atoms with E-state index >= 15 is 0 Å². The number of benzene rings is 2. The first-order valence-electron chi connectivity index (χ1n) is 10.3. The van der Waals surface area contributed by atoms with Crippen molar-refractivity contribution in [2.24, 2.45) is 10.7 Å². The van der Waals surface area contributed by atoms with E-state index in [9.17, 15) is 24.0 Å². The number of nitrogen functional groups attached to an aromatic ring is 1. The van der Waals surface area contributed by atoms with Crippen LogP contribution in [0.25, 0.3) is 0 Å². The molecule has 0 bridgehead atoms. The third-order valence-electron chi connectivity index (χ3n) is 4.83. The van der Waals surface area contributed by atoms with Crippen molar-refractivity contribution >= 4 is 75.9 Å². The zero-order chi connectivity index (χ0) is 28.1. The van der Waals surface area contributed by atoms with Gasteiger partial charge in [-0.2, -0.15) is 4.99 Å². The van der Waals surface area contributed by atoms with Gasteiger partial charge in [0.25, 0.3) is 5.91 Å². The van der Waals surface area contributed by atoms with Gasteiger partial charge in [0.05, 0.1) is 28.6 Å². The smallest absolute Gasteiger partial charge is 0.350 e. The van der Waals surface area contributed by atoms with Gasteiger partial charge in [0.15, 0.2) is 17.3 Å². The molecule has 3 aromatic rings. The third kappa shape index (κ3) is 6.70. The van der Waals surface area contributed by atoms with Crippen molar-refractivity contribution < 1.29 is 29.1 Å². The summed E-state index contributed by atoms with van der Waals surface area (Å²) in [6, 6.07) is 8.62. The number of carboxylic acid groups (broad SMARTS) is 1. The number of nitrogens with two attached hydrogens (primary N) is 2. The van der Waals surface area contributed by atoms with E-state index in [-0.39, 0.29) is 45.9 Å². The molecule has 4 amide bonds. The van der Waals surface area contributed by atoms with Crippen molar-refractivity contribution in [1.29, 1.82) is 0 Å². The summed E-state index contributed by atoms with van der Waals surface area (Å²) in [5, 5.41) is 18.4. The number of halogens is 3. The standard InChI is InChI=1S/C17H12Cl3N5O2.C5H4N2O4/c18-10-3-1-9(2-4-10)15(26)13-11(19)5-8(6-12(13)20)7-25-16(21)14(17(22)27)23-24-25;8-3-1-2(4(9)10)6-5(11)7-3/h1-6H,7,21H2,(H2,22,27);1H2,(H,9,10)(H,7,8,11). The van der Waals surface area contributed by atoms with E-state index in [0.717, 1.165) is 0 Å². The van der Waals surface area contributed by atoms with Crippen molar-refractivity contribution in [2.75, 3.05) is 5.73 Å². The minimum atomic E-state index is -1.34. The van der Waals surface area contributed by atoms with E-state index in [4.69, 9.17) is 51.4 Å². The average Bonchev–Trinajstić information content (AvgIpc) is 3.19. The van der Waals surface area contributed by atoms with Crippen LogP contribution in [0.15, 0.2) is 41.4 Å². The van der Waals surface area contributed by atoms with Gasteiger partial charge in [-0.25, -0.2) is 14.3 Å². The van der Waals surface area contributed by atoms with Crippen LogP contribution in [0.3, 0.4) is 0 Å². The van der Waals surface area contributed by atoms with E-state index < -0.39 is 29.5 Å². The Morgan fingerprint density at radius 2 is 1.66 bits per heavy atom. The highest BCUT2D eigenvalue weighted by Crippen LogP contribution is 2.30. The zero-order valence-electron chi connectivity index (χ0n) is 18.9. The van der Waals surface area contributed by atoms with Crippen LogP contribution in [0.2, 0.25) is 15.1 Å². The molecular weight excluding hydrogens is 565 g/mol. The monoisotopic (exact) mass is 579 g/mol. The predicted octanol–water partition coefficient (Wildman–Crippen LogP) is 2.35. The Bertz CT molecular complexity index is 1480. The van der Waals surface area contributed by atoms with Crippen LogP contribution in [-0.2, 0) is 16.1 Å². The molecule has 0 fully saturated rings. The number of urea groups is 1. The predicted molar refractivity (Wildman–Crippen MR) is 137 cm³/mol. The summed E-state index contributed by atoms with van der Waals surface area (Å²) < 4.78 is 1.28. The fourth-order valence-corrected chi connectivity index (χ4v) is 3.92. The van der Waals surface area contributed by atoms with Gasteiger partial charge in [0.1, 0.15) is 5.71 Å². The van der Waals surface area contributed by atoms with E-state index in [1.165, 1.54) is 4.68 Å². The summed E-state index contributed by atoms with van der Waals surface area (Å²) in [4.78, 5) is 58.1. The first kappa shape index (κ1) is 28.2. The molecule has 0 saturated heterocycles. The minimum absolute atomic E-state index is 0.0241. The summed E-state index contributed by atoms with van der Waals surface area (Å²) in [7, 11) is 0. The molecule has 0 atom stereocenters. The van der Waals surface area contributed by atoms with Crippen LogP contribution < -0.4 is 16.8 Å². The van der Waals surface area contributed by atoms with Crippen LogP contribution in [-0.4, -0.2) is 55.4 Å². The molecule has 16 heteroatoms. The van der Waals surface area contributed by atoms with E-state index in [0.29, 0.717) is 16.1 Å². The van der Waals surface area contributed by atoms with E-state index in [1.807, 2.05) is 5.32 Å². The number of ketones is 1. The Morgan fingerprint density at radius 3 is 2.16 bits per heavy atom. The first-order valence-corrected chi connectivity index (χ1v) is 11.4. The quantitative estimate of drug-likeness (QED) is 0.314. The second kappa shape index (κ2) is 11.8. The number of aromatic nitrogens is 3. The number of nitrogens with zero attached hydrogens (tertiary/aromatic N) is 4. The molecular formula is C22H16Cl3N7O6. The van der Waals surface area contributed by atoms with Crippen LogP contribution in [0.4, 0.5) is 10.6 Å². The Kier molecular flexibility index (Phi) is 8.78. The molecule has 1 aromatic heterocycles. The molecule has 0 saturated carbocycles. The highest BCUT2D eigenvalue weighted by Gasteiger charge is 2.22. The number of amides is 4. The van der Waals surface area contributed by atoms with Crippen LogP contribution in [0.1, 0.15) is 38.4 Å².